The van der Waals surface area contributed by atoms with Gasteiger partial charge >= 0.3 is 0 Å². The molecule has 0 spiro atoms. The van der Waals surface area contributed by atoms with Crippen LogP contribution in [0.2, 0.25) is 0 Å². The van der Waals surface area contributed by atoms with Crippen LogP contribution in [0.5, 0.6) is 0 Å². The van der Waals surface area contributed by atoms with Gasteiger partial charge in [-0.15, -0.1) is 0 Å². The summed E-state index contributed by atoms with van der Waals surface area (Å²) >= 11 is 0. The molecule has 1 aliphatic heterocycles. The summed E-state index contributed by atoms with van der Waals surface area (Å²) in [5.41, 5.74) is 0.938. The van der Waals surface area contributed by atoms with Gasteiger partial charge in [0.15, 0.2) is 9.84 Å². The normalized spacial score (nSPS) is 22.4. The summed E-state index contributed by atoms with van der Waals surface area (Å²) in [6.07, 6.45) is 1.85. The number of anilines is 1. The molecule has 1 saturated heterocycles. The van der Waals surface area contributed by atoms with Gasteiger partial charge in [0.25, 0.3) is 0 Å². The Balaban J connectivity index is 1.99. The topological polar surface area (TPSA) is 95.2 Å². The highest BCUT2D eigenvalue weighted by Crippen LogP contribution is 2.21. The van der Waals surface area contributed by atoms with Crippen molar-refractivity contribution in [3.05, 3.63) is 11.8 Å². The minimum absolute atomic E-state index is 0.0386. The molecule has 0 bridgehead atoms. The molecule has 118 valence electrons. The van der Waals surface area contributed by atoms with Crippen LogP contribution in [0.4, 0.5) is 5.82 Å². The summed E-state index contributed by atoms with van der Waals surface area (Å²) in [6.45, 7) is 4.51. The fourth-order valence-corrected chi connectivity index (χ4v) is 4.11. The zero-order chi connectivity index (χ0) is 15.6. The van der Waals surface area contributed by atoms with Crippen LogP contribution in [-0.2, 0) is 14.6 Å². The van der Waals surface area contributed by atoms with Crippen molar-refractivity contribution < 1.29 is 13.2 Å². The quantitative estimate of drug-likeness (QED) is 0.848. The highest BCUT2D eigenvalue weighted by Gasteiger charge is 2.30. The highest BCUT2D eigenvalue weighted by molar-refractivity contribution is 7.91. The first-order chi connectivity index (χ1) is 9.78. The minimum Gasteiger partial charge on any atom is -0.311 e. The van der Waals surface area contributed by atoms with Gasteiger partial charge in [-0.05, 0) is 13.0 Å². The zero-order valence-corrected chi connectivity index (χ0v) is 13.4. The van der Waals surface area contributed by atoms with Crippen molar-refractivity contribution in [3.8, 4) is 0 Å². The average molecular weight is 314 g/mol. The van der Waals surface area contributed by atoms with Crippen molar-refractivity contribution in [1.82, 2.24) is 15.1 Å². The first-order valence-electron chi connectivity index (χ1n) is 7.02. The second-order valence-corrected chi connectivity index (χ2v) is 8.08. The summed E-state index contributed by atoms with van der Waals surface area (Å²) in [6, 6.07) is -0.269. The molecule has 8 heteroatoms. The molecule has 2 rings (SSSR count). The molecule has 1 amide bonds. The van der Waals surface area contributed by atoms with Crippen LogP contribution >= 0.6 is 0 Å². The maximum atomic E-state index is 12.1. The van der Waals surface area contributed by atoms with Gasteiger partial charge in [0.2, 0.25) is 5.91 Å². The Morgan fingerprint density at radius 2 is 2.29 bits per heavy atom. The van der Waals surface area contributed by atoms with Gasteiger partial charge in [-0.3, -0.25) is 9.89 Å². The number of nitrogens with one attached hydrogen (secondary N) is 2. The lowest BCUT2D eigenvalue weighted by molar-refractivity contribution is -0.117. The Morgan fingerprint density at radius 3 is 2.95 bits per heavy atom. The molecule has 0 saturated carbocycles. The van der Waals surface area contributed by atoms with Gasteiger partial charge in [-0.1, -0.05) is 13.8 Å². The van der Waals surface area contributed by atoms with Crippen LogP contribution in [0, 0.1) is 0 Å². The van der Waals surface area contributed by atoms with E-state index in [0.717, 1.165) is 5.56 Å². The number of aromatic nitrogens is 2. The van der Waals surface area contributed by atoms with Crippen molar-refractivity contribution >= 4 is 21.6 Å². The third-order valence-electron chi connectivity index (χ3n) is 3.80. The van der Waals surface area contributed by atoms with Gasteiger partial charge in [-0.2, -0.15) is 5.10 Å². The predicted octanol–water partition coefficient (Wildman–Crippen LogP) is 0.591. The number of hydrogen-bond acceptors (Lipinski definition) is 5. The molecule has 2 N–H and O–H groups in total. The van der Waals surface area contributed by atoms with Crippen molar-refractivity contribution in [2.45, 2.75) is 32.2 Å². The van der Waals surface area contributed by atoms with Crippen LogP contribution < -0.4 is 5.32 Å². The van der Waals surface area contributed by atoms with Gasteiger partial charge in [0, 0.05) is 24.6 Å². The molecule has 0 radical (unpaired) electrons. The predicted molar refractivity (Wildman–Crippen MR) is 81.0 cm³/mol. The van der Waals surface area contributed by atoms with Crippen LogP contribution in [-0.4, -0.2) is 60.6 Å². The Bertz CT molecular complexity index is 609. The van der Waals surface area contributed by atoms with Crippen molar-refractivity contribution in [1.29, 1.82) is 0 Å². The number of aromatic amines is 1. The Kier molecular flexibility index (Phi) is 4.67. The van der Waals surface area contributed by atoms with E-state index in [1.807, 2.05) is 25.8 Å². The molecule has 1 aromatic rings. The monoisotopic (exact) mass is 314 g/mol. The third kappa shape index (κ3) is 4.04. The van der Waals surface area contributed by atoms with E-state index in [1.54, 1.807) is 6.20 Å². The SMILES string of the molecule is CC(C)c1cn[nH]c1NC(=O)CC1CS(=O)(=O)CCN1C. The fourth-order valence-electron chi connectivity index (χ4n) is 2.42. The lowest BCUT2D eigenvalue weighted by Crippen LogP contribution is -2.47. The van der Waals surface area contributed by atoms with Crippen LogP contribution in [0.25, 0.3) is 0 Å². The molecule has 1 aromatic heterocycles. The summed E-state index contributed by atoms with van der Waals surface area (Å²) in [7, 11) is -1.19. The van der Waals surface area contributed by atoms with Gasteiger partial charge in [0.1, 0.15) is 5.82 Å². The third-order valence-corrected chi connectivity index (χ3v) is 5.50. The molecule has 21 heavy (non-hydrogen) atoms. The zero-order valence-electron chi connectivity index (χ0n) is 12.6. The number of carbonyl (C=O) groups excluding carboxylic acids is 1. The first-order valence-corrected chi connectivity index (χ1v) is 8.84. The van der Waals surface area contributed by atoms with E-state index < -0.39 is 9.84 Å². The maximum Gasteiger partial charge on any atom is 0.227 e. The van der Waals surface area contributed by atoms with Gasteiger partial charge in [0.05, 0.1) is 17.7 Å². The lowest BCUT2D eigenvalue weighted by atomic mass is 10.1. The molecule has 0 aliphatic carbocycles. The first kappa shape index (κ1) is 16.0. The van der Waals surface area contributed by atoms with Crippen molar-refractivity contribution in [2.24, 2.45) is 0 Å². The van der Waals surface area contributed by atoms with E-state index in [-0.39, 0.29) is 35.8 Å². The molecule has 1 aliphatic rings. The van der Waals surface area contributed by atoms with Gasteiger partial charge in [-0.25, -0.2) is 8.42 Å². The van der Waals surface area contributed by atoms with Crippen LogP contribution in [0.15, 0.2) is 6.20 Å². The van der Waals surface area contributed by atoms with Crippen LogP contribution in [0.1, 0.15) is 31.7 Å². The number of carbonyl (C=O) groups is 1. The molecule has 2 heterocycles. The fraction of sp³-hybridized carbons (Fsp3) is 0.692. The second kappa shape index (κ2) is 6.15. The summed E-state index contributed by atoms with van der Waals surface area (Å²) in [4.78, 5) is 14.1. The van der Waals surface area contributed by atoms with Crippen molar-refractivity contribution in [3.63, 3.8) is 0 Å². The summed E-state index contributed by atoms with van der Waals surface area (Å²) in [5.74, 6) is 0.847. The number of amides is 1. The summed E-state index contributed by atoms with van der Waals surface area (Å²) in [5, 5.41) is 9.49. The Hall–Kier alpha value is -1.41. The molecular weight excluding hydrogens is 292 g/mol. The smallest absolute Gasteiger partial charge is 0.227 e. The average Bonchev–Trinajstić information content (AvgIpc) is 2.81. The highest BCUT2D eigenvalue weighted by atomic mass is 32.2. The van der Waals surface area contributed by atoms with Crippen LogP contribution in [0.3, 0.4) is 0 Å². The van der Waals surface area contributed by atoms with Gasteiger partial charge < -0.3 is 10.2 Å². The van der Waals surface area contributed by atoms with E-state index in [9.17, 15) is 13.2 Å². The number of nitrogens with zero attached hydrogens (tertiary/aromatic N) is 2. The Morgan fingerprint density at radius 1 is 1.57 bits per heavy atom. The standard InChI is InChI=1S/C13H22N4O3S/c1-9(2)11-7-14-16-13(11)15-12(18)6-10-8-21(19,20)5-4-17(10)3/h7,9-10H,4-6,8H2,1-3H3,(H2,14,15,16,18). The molecule has 7 nitrogen and oxygen atoms in total. The van der Waals surface area contributed by atoms with E-state index in [2.05, 4.69) is 15.5 Å². The Labute approximate surface area is 125 Å². The van der Waals surface area contributed by atoms with E-state index in [4.69, 9.17) is 0 Å². The molecule has 0 aromatic carbocycles. The summed E-state index contributed by atoms with van der Waals surface area (Å²) < 4.78 is 23.3. The number of hydrogen-bond donors (Lipinski definition) is 2. The van der Waals surface area contributed by atoms with E-state index in [1.165, 1.54) is 0 Å². The lowest BCUT2D eigenvalue weighted by Gasteiger charge is -2.31. The molecule has 1 unspecified atom stereocenters. The number of sulfone groups is 1. The minimum atomic E-state index is -3.04. The van der Waals surface area contributed by atoms with Crippen molar-refractivity contribution in [2.75, 3.05) is 30.4 Å². The number of rotatable bonds is 4. The molecule has 1 fully saturated rings. The van der Waals surface area contributed by atoms with E-state index >= 15 is 0 Å². The maximum absolute atomic E-state index is 12.1. The molecule has 1 atom stereocenters. The largest absolute Gasteiger partial charge is 0.311 e. The molecular formula is C13H22N4O3S. The number of H-pyrrole nitrogens is 1. The van der Waals surface area contributed by atoms with E-state index in [0.29, 0.717) is 12.4 Å². The second-order valence-electron chi connectivity index (χ2n) is 5.86.